The molecule has 1 saturated heterocycles. The van der Waals surface area contributed by atoms with Crippen LogP contribution in [-0.2, 0) is 24.9 Å². The molecule has 1 aliphatic heterocycles. The number of likely N-dealkylation sites (tertiary alicyclic amines) is 1. The van der Waals surface area contributed by atoms with E-state index in [4.69, 9.17) is 0 Å². The van der Waals surface area contributed by atoms with Crippen molar-refractivity contribution in [3.8, 4) is 0 Å². The van der Waals surface area contributed by atoms with Gasteiger partial charge in [-0.15, -0.1) is 0 Å². The third-order valence-electron chi connectivity index (χ3n) is 6.68. The number of nitrogens with one attached hydrogen (secondary N) is 1. The summed E-state index contributed by atoms with van der Waals surface area (Å²) in [5.74, 6) is -0.227. The zero-order chi connectivity index (χ0) is 25.8. The van der Waals surface area contributed by atoms with Crippen LogP contribution in [0.1, 0.15) is 34.2 Å². The number of carbonyl (C=O) groups excluding carboxylic acids is 2. The monoisotopic (exact) mass is 490 g/mol. The summed E-state index contributed by atoms with van der Waals surface area (Å²) in [5, 5.41) is 3.33. The van der Waals surface area contributed by atoms with Crippen LogP contribution >= 0.6 is 0 Å². The second kappa shape index (κ2) is 8.54. The third-order valence-corrected chi connectivity index (χ3v) is 6.68. The smallest absolute Gasteiger partial charge is 0.265 e. The van der Waals surface area contributed by atoms with Crippen molar-refractivity contribution in [3.63, 3.8) is 0 Å². The summed E-state index contributed by atoms with van der Waals surface area (Å²) in [7, 11) is 1.84. The third kappa shape index (κ3) is 4.12. The minimum atomic E-state index is -1.43. The molecule has 36 heavy (non-hydrogen) atoms. The van der Waals surface area contributed by atoms with E-state index in [0.29, 0.717) is 16.4 Å². The molecule has 0 radical (unpaired) electrons. The highest BCUT2D eigenvalue weighted by Crippen LogP contribution is 2.26. The quantitative estimate of drug-likeness (QED) is 0.463. The maximum atomic E-state index is 14.0. The average molecular weight is 491 g/mol. The van der Waals surface area contributed by atoms with Crippen molar-refractivity contribution >= 4 is 33.9 Å². The van der Waals surface area contributed by atoms with Gasteiger partial charge in [0.15, 0.2) is 0 Å². The number of imidazole rings is 1. The van der Waals surface area contributed by atoms with E-state index < -0.39 is 23.0 Å². The Labute approximate surface area is 206 Å². The van der Waals surface area contributed by atoms with E-state index in [1.165, 1.54) is 22.5 Å². The van der Waals surface area contributed by atoms with E-state index in [1.807, 2.05) is 49.7 Å². The Morgan fingerprint density at radius 2 is 1.86 bits per heavy atom. The van der Waals surface area contributed by atoms with Gasteiger partial charge in [0.1, 0.15) is 34.8 Å². The molecule has 0 atom stereocenters. The van der Waals surface area contributed by atoms with E-state index >= 15 is 0 Å². The zero-order valence-corrected chi connectivity index (χ0v) is 20.6. The molecule has 10 heteroatoms. The summed E-state index contributed by atoms with van der Waals surface area (Å²) in [6.07, 6.45) is 1.55. The molecule has 3 aromatic heterocycles. The second-order valence-electron chi connectivity index (χ2n) is 9.73. The molecule has 1 aliphatic rings. The van der Waals surface area contributed by atoms with Gasteiger partial charge in [-0.25, -0.2) is 14.4 Å². The first-order valence-electron chi connectivity index (χ1n) is 11.7. The Balaban J connectivity index is 1.58. The number of carbonyl (C=O) groups is 2. The van der Waals surface area contributed by atoms with Crippen molar-refractivity contribution in [2.24, 2.45) is 7.05 Å². The van der Waals surface area contributed by atoms with E-state index in [0.717, 1.165) is 17.0 Å². The number of aryl methyl sites for hydroxylation is 3. The van der Waals surface area contributed by atoms with Crippen LogP contribution in [0.15, 0.2) is 41.3 Å². The largest absolute Gasteiger partial charge is 0.348 e. The number of alkyl halides is 1. The number of amides is 2. The van der Waals surface area contributed by atoms with Gasteiger partial charge in [0.2, 0.25) is 5.91 Å². The molecule has 1 aromatic carbocycles. The van der Waals surface area contributed by atoms with Gasteiger partial charge in [-0.2, -0.15) is 0 Å². The first-order valence-corrected chi connectivity index (χ1v) is 11.7. The van der Waals surface area contributed by atoms with Crippen LogP contribution in [0.4, 0.5) is 4.39 Å². The molecule has 4 aromatic rings. The maximum absolute atomic E-state index is 14.0. The van der Waals surface area contributed by atoms with Crippen molar-refractivity contribution in [2.75, 3.05) is 13.1 Å². The van der Waals surface area contributed by atoms with Crippen LogP contribution in [0.3, 0.4) is 0 Å². The van der Waals surface area contributed by atoms with Gasteiger partial charge in [0.25, 0.3) is 11.5 Å². The molecule has 0 aliphatic carbocycles. The number of hydrogen-bond acceptors (Lipinski definition) is 5. The lowest BCUT2D eigenvalue weighted by atomic mass is 9.99. The molecule has 2 amide bonds. The van der Waals surface area contributed by atoms with E-state index in [9.17, 15) is 18.8 Å². The molecule has 9 nitrogen and oxygen atoms in total. The first-order chi connectivity index (χ1) is 17.0. The number of rotatable bonds is 5. The molecule has 0 saturated carbocycles. The Kier molecular flexibility index (Phi) is 5.61. The molecule has 1 N–H and O–H groups in total. The van der Waals surface area contributed by atoms with Crippen molar-refractivity contribution in [2.45, 2.75) is 39.5 Å². The van der Waals surface area contributed by atoms with Crippen LogP contribution in [0, 0.1) is 13.8 Å². The zero-order valence-electron chi connectivity index (χ0n) is 20.6. The summed E-state index contributed by atoms with van der Waals surface area (Å²) >= 11 is 0. The number of fused-ring (bicyclic) bond motifs is 3. The number of halogens is 1. The predicted octanol–water partition coefficient (Wildman–Crippen LogP) is 2.40. The standard InChI is InChI=1S/C26H27FN6O3/c1-15-5-7-17(8-6-15)10-29-24(35)19-9-18-22-20(30-16(2)31(22)4)11-28-23(18)33(25(19)36)12-21(34)32-13-26(3,27)14-32/h5-9,11H,10,12-14H2,1-4H3,(H,29,35). The van der Waals surface area contributed by atoms with E-state index in [-0.39, 0.29) is 37.4 Å². The molecular formula is C26H27FN6O3. The Morgan fingerprint density at radius 3 is 2.53 bits per heavy atom. The average Bonchev–Trinajstić information content (AvgIpc) is 3.11. The Hall–Kier alpha value is -4.08. The summed E-state index contributed by atoms with van der Waals surface area (Å²) in [6.45, 7) is 5.08. The summed E-state index contributed by atoms with van der Waals surface area (Å²) < 4.78 is 17.0. The maximum Gasteiger partial charge on any atom is 0.265 e. The van der Waals surface area contributed by atoms with Crippen molar-refractivity contribution < 1.29 is 14.0 Å². The van der Waals surface area contributed by atoms with Crippen molar-refractivity contribution in [3.05, 3.63) is 69.4 Å². The highest BCUT2D eigenvalue weighted by atomic mass is 19.1. The highest BCUT2D eigenvalue weighted by molar-refractivity contribution is 6.05. The first kappa shape index (κ1) is 23.7. The fourth-order valence-corrected chi connectivity index (χ4v) is 4.59. The molecule has 0 bridgehead atoms. The van der Waals surface area contributed by atoms with Crippen LogP contribution in [0.5, 0.6) is 0 Å². The molecule has 4 heterocycles. The Morgan fingerprint density at radius 1 is 1.17 bits per heavy atom. The van der Waals surface area contributed by atoms with Crippen molar-refractivity contribution in [1.29, 1.82) is 0 Å². The lowest BCUT2D eigenvalue weighted by Crippen LogP contribution is -2.60. The van der Waals surface area contributed by atoms with Gasteiger partial charge in [0, 0.05) is 19.0 Å². The highest BCUT2D eigenvalue weighted by Gasteiger charge is 2.41. The summed E-state index contributed by atoms with van der Waals surface area (Å²) in [6, 6.07) is 9.22. The molecule has 0 unspecified atom stereocenters. The van der Waals surface area contributed by atoms with E-state index in [2.05, 4.69) is 15.3 Å². The van der Waals surface area contributed by atoms with Crippen molar-refractivity contribution in [1.82, 2.24) is 29.3 Å². The number of pyridine rings is 2. The molecule has 0 spiro atoms. The molecule has 186 valence electrons. The lowest BCUT2D eigenvalue weighted by molar-refractivity contribution is -0.144. The SMILES string of the molecule is Cc1ccc(CNC(=O)c2cc3c4c(cnc3n(CC(=O)N3CC(C)(F)C3)c2=O)nc(C)n4C)cc1. The van der Waals surface area contributed by atoms with Crippen LogP contribution in [0.25, 0.3) is 22.1 Å². The summed E-state index contributed by atoms with van der Waals surface area (Å²) in [5.41, 5.74) is 1.40. The van der Waals surface area contributed by atoms with Gasteiger partial charge in [-0.05, 0) is 32.4 Å². The second-order valence-corrected chi connectivity index (χ2v) is 9.73. The fraction of sp³-hybridized carbons (Fsp3) is 0.346. The molecule has 1 fully saturated rings. The van der Waals surface area contributed by atoms with Gasteiger partial charge in [-0.1, -0.05) is 29.8 Å². The predicted molar refractivity (Wildman–Crippen MR) is 133 cm³/mol. The summed E-state index contributed by atoms with van der Waals surface area (Å²) in [4.78, 5) is 49.8. The van der Waals surface area contributed by atoms with Crippen LogP contribution in [0.2, 0.25) is 0 Å². The number of benzene rings is 1. The topological polar surface area (TPSA) is 102 Å². The minimum Gasteiger partial charge on any atom is -0.348 e. The Bertz CT molecular complexity index is 1580. The minimum absolute atomic E-state index is 0.0339. The normalized spacial score (nSPS) is 14.8. The van der Waals surface area contributed by atoms with Gasteiger partial charge < -0.3 is 14.8 Å². The fourth-order valence-electron chi connectivity index (χ4n) is 4.59. The number of aromatic nitrogens is 4. The van der Waals surface area contributed by atoms with Gasteiger partial charge >= 0.3 is 0 Å². The number of hydrogen-bond donors (Lipinski definition) is 1. The molecule has 5 rings (SSSR count). The lowest BCUT2D eigenvalue weighted by Gasteiger charge is -2.42. The molecular weight excluding hydrogens is 463 g/mol. The van der Waals surface area contributed by atoms with Gasteiger partial charge in [-0.3, -0.25) is 19.0 Å². The van der Waals surface area contributed by atoms with Crippen LogP contribution in [-0.4, -0.2) is 54.6 Å². The van der Waals surface area contributed by atoms with Gasteiger partial charge in [0.05, 0.1) is 24.8 Å². The van der Waals surface area contributed by atoms with Crippen LogP contribution < -0.4 is 10.9 Å². The number of nitrogens with zero attached hydrogens (tertiary/aromatic N) is 5. The van der Waals surface area contributed by atoms with E-state index in [1.54, 1.807) is 6.20 Å².